The number of ether oxygens (including phenoxy) is 1. The van der Waals surface area contributed by atoms with Gasteiger partial charge < -0.3 is 4.74 Å². The molecule has 62 valence electrons. The van der Waals surface area contributed by atoms with Gasteiger partial charge in [-0.15, -0.1) is 6.58 Å². The van der Waals surface area contributed by atoms with Crippen LogP contribution >= 0.6 is 0 Å². The first-order chi connectivity index (χ1) is 5.26. The second-order valence-electron chi connectivity index (χ2n) is 2.03. The molecule has 0 aromatic carbocycles. The highest BCUT2D eigenvalue weighted by atomic mass is 16.5. The first-order valence-electron chi connectivity index (χ1n) is 3.69. The SMILES string of the molecule is C=CC/C(=C\C)C(=O)OCC. The minimum Gasteiger partial charge on any atom is -0.463 e. The predicted octanol–water partition coefficient (Wildman–Crippen LogP) is 2.07. The average Bonchev–Trinajstić information content (AvgIpc) is 2.00. The molecule has 0 N–H and O–H groups in total. The van der Waals surface area contributed by atoms with Crippen LogP contribution in [0.1, 0.15) is 20.3 Å². The molecular formula is C9H14O2. The molecule has 0 amide bonds. The van der Waals surface area contributed by atoms with E-state index in [1.54, 1.807) is 19.1 Å². The van der Waals surface area contributed by atoms with Crippen molar-refractivity contribution in [2.45, 2.75) is 20.3 Å². The number of rotatable bonds is 4. The summed E-state index contributed by atoms with van der Waals surface area (Å²) in [5.74, 6) is -0.241. The van der Waals surface area contributed by atoms with E-state index >= 15 is 0 Å². The van der Waals surface area contributed by atoms with Gasteiger partial charge in [-0.1, -0.05) is 12.2 Å². The van der Waals surface area contributed by atoms with Crippen LogP contribution in [0.2, 0.25) is 0 Å². The monoisotopic (exact) mass is 154 g/mol. The van der Waals surface area contributed by atoms with Crippen molar-refractivity contribution in [1.29, 1.82) is 0 Å². The molecule has 2 heteroatoms. The van der Waals surface area contributed by atoms with E-state index in [4.69, 9.17) is 4.74 Å². The fraction of sp³-hybridized carbons (Fsp3) is 0.444. The quantitative estimate of drug-likeness (QED) is 0.352. The molecule has 0 atom stereocenters. The van der Waals surface area contributed by atoms with E-state index in [9.17, 15) is 4.79 Å². The minimum atomic E-state index is -0.241. The number of allylic oxidation sites excluding steroid dienone is 2. The van der Waals surface area contributed by atoms with Crippen LogP contribution in [0, 0.1) is 0 Å². The van der Waals surface area contributed by atoms with Crippen LogP contribution in [0.15, 0.2) is 24.3 Å². The topological polar surface area (TPSA) is 26.3 Å². The van der Waals surface area contributed by atoms with Gasteiger partial charge in [-0.2, -0.15) is 0 Å². The molecule has 0 aliphatic rings. The number of hydrogen-bond donors (Lipinski definition) is 0. The maximum Gasteiger partial charge on any atom is 0.333 e. The van der Waals surface area contributed by atoms with Crippen molar-refractivity contribution in [2.75, 3.05) is 6.61 Å². The van der Waals surface area contributed by atoms with Crippen LogP contribution in [-0.2, 0) is 9.53 Å². The summed E-state index contributed by atoms with van der Waals surface area (Å²) in [7, 11) is 0. The minimum absolute atomic E-state index is 0.241. The second kappa shape index (κ2) is 5.71. The van der Waals surface area contributed by atoms with Crippen LogP contribution in [0.4, 0.5) is 0 Å². The molecule has 0 saturated heterocycles. The lowest BCUT2D eigenvalue weighted by atomic mass is 10.2. The molecule has 0 aromatic heterocycles. The predicted molar refractivity (Wildman–Crippen MR) is 45.2 cm³/mol. The van der Waals surface area contributed by atoms with E-state index in [1.165, 1.54) is 0 Å². The maximum absolute atomic E-state index is 11.0. The Bertz CT molecular complexity index is 168. The summed E-state index contributed by atoms with van der Waals surface area (Å²) in [6.07, 6.45) is 4.02. The van der Waals surface area contributed by atoms with E-state index in [2.05, 4.69) is 6.58 Å². The molecule has 0 heterocycles. The van der Waals surface area contributed by atoms with Crippen LogP contribution in [-0.4, -0.2) is 12.6 Å². The Morgan fingerprint density at radius 2 is 2.27 bits per heavy atom. The van der Waals surface area contributed by atoms with Crippen molar-refractivity contribution in [2.24, 2.45) is 0 Å². The lowest BCUT2D eigenvalue weighted by Crippen LogP contribution is -2.06. The van der Waals surface area contributed by atoms with Crippen LogP contribution in [0.5, 0.6) is 0 Å². The highest BCUT2D eigenvalue weighted by Gasteiger charge is 2.05. The Labute approximate surface area is 67.6 Å². The molecule has 0 aromatic rings. The van der Waals surface area contributed by atoms with Crippen LogP contribution in [0.25, 0.3) is 0 Å². The molecular weight excluding hydrogens is 140 g/mol. The van der Waals surface area contributed by atoms with E-state index < -0.39 is 0 Å². The number of carbonyl (C=O) groups excluding carboxylic acids is 1. The fourth-order valence-electron chi connectivity index (χ4n) is 0.698. The summed E-state index contributed by atoms with van der Waals surface area (Å²) in [6, 6.07) is 0. The lowest BCUT2D eigenvalue weighted by Gasteiger charge is -2.02. The van der Waals surface area contributed by atoms with Crippen LogP contribution < -0.4 is 0 Å². The standard InChI is InChI=1S/C9H14O2/c1-4-7-8(5-2)9(10)11-6-3/h4-5H,1,6-7H2,2-3H3/b8-5+. The first kappa shape index (κ1) is 9.95. The largest absolute Gasteiger partial charge is 0.463 e. The summed E-state index contributed by atoms with van der Waals surface area (Å²) in [6.45, 7) is 7.57. The zero-order valence-electron chi connectivity index (χ0n) is 7.09. The fourth-order valence-corrected chi connectivity index (χ4v) is 0.698. The van der Waals surface area contributed by atoms with Crippen molar-refractivity contribution < 1.29 is 9.53 Å². The summed E-state index contributed by atoms with van der Waals surface area (Å²) < 4.78 is 4.79. The first-order valence-corrected chi connectivity index (χ1v) is 3.69. The van der Waals surface area contributed by atoms with Gasteiger partial charge in [-0.05, 0) is 20.3 Å². The van der Waals surface area contributed by atoms with Crippen molar-refractivity contribution >= 4 is 5.97 Å². The zero-order chi connectivity index (χ0) is 8.69. The number of carbonyl (C=O) groups is 1. The molecule has 0 bridgehead atoms. The van der Waals surface area contributed by atoms with Crippen molar-refractivity contribution in [3.8, 4) is 0 Å². The molecule has 11 heavy (non-hydrogen) atoms. The van der Waals surface area contributed by atoms with Gasteiger partial charge in [0.1, 0.15) is 0 Å². The third kappa shape index (κ3) is 3.61. The van der Waals surface area contributed by atoms with Gasteiger partial charge in [0.2, 0.25) is 0 Å². The van der Waals surface area contributed by atoms with Gasteiger partial charge in [-0.25, -0.2) is 4.79 Å². The maximum atomic E-state index is 11.0. The smallest absolute Gasteiger partial charge is 0.333 e. The molecule has 0 spiro atoms. The van der Waals surface area contributed by atoms with E-state index in [1.807, 2.05) is 6.92 Å². The van der Waals surface area contributed by atoms with Gasteiger partial charge in [0.05, 0.1) is 6.61 Å². The Hall–Kier alpha value is -1.05. The summed E-state index contributed by atoms with van der Waals surface area (Å²) >= 11 is 0. The van der Waals surface area contributed by atoms with Crippen molar-refractivity contribution in [3.05, 3.63) is 24.3 Å². The summed E-state index contributed by atoms with van der Waals surface area (Å²) in [4.78, 5) is 11.0. The van der Waals surface area contributed by atoms with Crippen molar-refractivity contribution in [1.82, 2.24) is 0 Å². The van der Waals surface area contributed by atoms with E-state index in [-0.39, 0.29) is 5.97 Å². The van der Waals surface area contributed by atoms with Gasteiger partial charge in [0, 0.05) is 5.57 Å². The van der Waals surface area contributed by atoms with Gasteiger partial charge in [0.15, 0.2) is 0 Å². The Morgan fingerprint density at radius 1 is 1.64 bits per heavy atom. The summed E-state index contributed by atoms with van der Waals surface area (Å²) in [5, 5.41) is 0. The van der Waals surface area contributed by atoms with Gasteiger partial charge in [-0.3, -0.25) is 0 Å². The second-order valence-corrected chi connectivity index (χ2v) is 2.03. The van der Waals surface area contributed by atoms with Crippen LogP contribution in [0.3, 0.4) is 0 Å². The lowest BCUT2D eigenvalue weighted by molar-refractivity contribution is -0.138. The molecule has 0 saturated carbocycles. The molecule has 2 nitrogen and oxygen atoms in total. The highest BCUT2D eigenvalue weighted by molar-refractivity contribution is 5.88. The van der Waals surface area contributed by atoms with E-state index in [0.717, 1.165) is 0 Å². The molecule has 0 radical (unpaired) electrons. The normalized spacial score (nSPS) is 10.9. The number of hydrogen-bond acceptors (Lipinski definition) is 2. The third-order valence-electron chi connectivity index (χ3n) is 1.25. The molecule has 0 rings (SSSR count). The Kier molecular flexibility index (Phi) is 5.17. The van der Waals surface area contributed by atoms with Gasteiger partial charge >= 0.3 is 5.97 Å². The Morgan fingerprint density at radius 3 is 2.64 bits per heavy atom. The Balaban J connectivity index is 4.04. The molecule has 0 aliphatic heterocycles. The number of esters is 1. The third-order valence-corrected chi connectivity index (χ3v) is 1.25. The van der Waals surface area contributed by atoms with E-state index in [0.29, 0.717) is 18.6 Å². The molecule has 0 unspecified atom stereocenters. The molecule has 0 fully saturated rings. The van der Waals surface area contributed by atoms with Gasteiger partial charge in [0.25, 0.3) is 0 Å². The zero-order valence-corrected chi connectivity index (χ0v) is 7.09. The highest BCUT2D eigenvalue weighted by Crippen LogP contribution is 2.03. The average molecular weight is 154 g/mol. The molecule has 0 aliphatic carbocycles. The van der Waals surface area contributed by atoms with Crippen molar-refractivity contribution in [3.63, 3.8) is 0 Å². The summed E-state index contributed by atoms with van der Waals surface area (Å²) in [5.41, 5.74) is 0.668.